The molecule has 4 nitrogen and oxygen atoms in total. The summed E-state index contributed by atoms with van der Waals surface area (Å²) in [4.78, 5) is 15.7. The molecule has 1 aromatic carbocycles. The van der Waals surface area contributed by atoms with Crippen LogP contribution in [-0.4, -0.2) is 12.5 Å². The van der Waals surface area contributed by atoms with Crippen molar-refractivity contribution in [1.82, 2.24) is 5.32 Å². The molecule has 1 amide bonds. The maximum Gasteiger partial charge on any atom is 0.240 e. The molecule has 0 bridgehead atoms. The van der Waals surface area contributed by atoms with Gasteiger partial charge >= 0.3 is 0 Å². The molecule has 0 aliphatic rings. The molecule has 1 atom stereocenters. The first kappa shape index (κ1) is 17.3. The van der Waals surface area contributed by atoms with Crippen LogP contribution in [0, 0.1) is 6.92 Å². The van der Waals surface area contributed by atoms with Crippen molar-refractivity contribution < 1.29 is 9.21 Å². The summed E-state index contributed by atoms with van der Waals surface area (Å²) in [6, 6.07) is 16.0. The van der Waals surface area contributed by atoms with E-state index >= 15 is 0 Å². The summed E-state index contributed by atoms with van der Waals surface area (Å²) in [5.41, 5.74) is 2.19. The Morgan fingerprint density at radius 1 is 1.20 bits per heavy atom. The van der Waals surface area contributed by atoms with E-state index in [0.717, 1.165) is 16.3 Å². The van der Waals surface area contributed by atoms with E-state index in [-0.39, 0.29) is 18.5 Å². The van der Waals surface area contributed by atoms with Crippen molar-refractivity contribution in [2.45, 2.75) is 26.4 Å². The van der Waals surface area contributed by atoms with Gasteiger partial charge in [-0.1, -0.05) is 23.8 Å². The summed E-state index contributed by atoms with van der Waals surface area (Å²) in [6.45, 7) is 4.89. The van der Waals surface area contributed by atoms with E-state index < -0.39 is 0 Å². The third-order valence-electron chi connectivity index (χ3n) is 4.01. The van der Waals surface area contributed by atoms with E-state index in [0.29, 0.717) is 6.54 Å². The largest absolute Gasteiger partial charge is 0.467 e. The van der Waals surface area contributed by atoms with Gasteiger partial charge in [-0.3, -0.25) is 4.79 Å². The van der Waals surface area contributed by atoms with Crippen molar-refractivity contribution in [1.29, 1.82) is 0 Å². The fourth-order valence-electron chi connectivity index (χ4n) is 2.65. The number of anilines is 1. The van der Waals surface area contributed by atoms with E-state index in [1.54, 1.807) is 17.6 Å². The van der Waals surface area contributed by atoms with Crippen LogP contribution in [0.1, 0.15) is 29.2 Å². The first-order valence-electron chi connectivity index (χ1n) is 8.28. The Balaban J connectivity index is 1.70. The highest BCUT2D eigenvalue weighted by Gasteiger charge is 2.16. The maximum absolute atomic E-state index is 12.5. The Morgan fingerprint density at radius 3 is 2.64 bits per heavy atom. The lowest BCUT2D eigenvalue weighted by atomic mass is 10.2. The van der Waals surface area contributed by atoms with Crippen LogP contribution in [0.15, 0.2) is 64.6 Å². The molecule has 1 unspecified atom stereocenters. The number of furan rings is 1. The first-order valence-corrected chi connectivity index (χ1v) is 9.16. The van der Waals surface area contributed by atoms with Gasteiger partial charge in [-0.2, -0.15) is 0 Å². The predicted octanol–water partition coefficient (Wildman–Crippen LogP) is 4.53. The Labute approximate surface area is 152 Å². The fourth-order valence-corrected chi connectivity index (χ4v) is 3.39. The van der Waals surface area contributed by atoms with Crippen LogP contribution >= 0.6 is 11.3 Å². The van der Waals surface area contributed by atoms with Gasteiger partial charge in [-0.05, 0) is 49.6 Å². The number of carbonyl (C=O) groups is 1. The molecule has 0 aliphatic carbocycles. The second-order valence-electron chi connectivity index (χ2n) is 6.08. The molecular weight excluding hydrogens is 332 g/mol. The van der Waals surface area contributed by atoms with E-state index in [4.69, 9.17) is 4.42 Å². The highest BCUT2D eigenvalue weighted by atomic mass is 32.1. The first-order chi connectivity index (χ1) is 12.1. The van der Waals surface area contributed by atoms with Gasteiger partial charge in [0.25, 0.3) is 0 Å². The van der Waals surface area contributed by atoms with Gasteiger partial charge in [0.05, 0.1) is 25.4 Å². The second-order valence-corrected chi connectivity index (χ2v) is 7.05. The minimum Gasteiger partial charge on any atom is -0.467 e. The minimum absolute atomic E-state index is 0.00645. The lowest BCUT2D eigenvalue weighted by molar-refractivity contribution is -0.120. The van der Waals surface area contributed by atoms with E-state index in [1.807, 2.05) is 53.6 Å². The van der Waals surface area contributed by atoms with Crippen LogP contribution in [0.25, 0.3) is 0 Å². The summed E-state index contributed by atoms with van der Waals surface area (Å²) in [5, 5.41) is 5.09. The van der Waals surface area contributed by atoms with Crippen molar-refractivity contribution in [2.24, 2.45) is 0 Å². The minimum atomic E-state index is -0.00645. The van der Waals surface area contributed by atoms with Gasteiger partial charge < -0.3 is 14.6 Å². The zero-order valence-corrected chi connectivity index (χ0v) is 15.3. The maximum atomic E-state index is 12.5. The number of nitrogens with zero attached hydrogens (tertiary/aromatic N) is 1. The highest BCUT2D eigenvalue weighted by Crippen LogP contribution is 2.20. The molecule has 0 aliphatic heterocycles. The normalized spacial score (nSPS) is 11.9. The lowest BCUT2D eigenvalue weighted by Gasteiger charge is -2.24. The summed E-state index contributed by atoms with van der Waals surface area (Å²) in [6.07, 6.45) is 1.65. The number of aryl methyl sites for hydroxylation is 1. The molecule has 130 valence electrons. The van der Waals surface area contributed by atoms with Crippen LogP contribution in [0.5, 0.6) is 0 Å². The monoisotopic (exact) mass is 354 g/mol. The third kappa shape index (κ3) is 4.73. The summed E-state index contributed by atoms with van der Waals surface area (Å²) in [5.74, 6) is 0.827. The average Bonchev–Trinajstić information content (AvgIpc) is 3.28. The van der Waals surface area contributed by atoms with Crippen molar-refractivity contribution in [3.05, 3.63) is 76.4 Å². The van der Waals surface area contributed by atoms with Gasteiger partial charge in [0, 0.05) is 10.6 Å². The average molecular weight is 354 g/mol. The third-order valence-corrected chi connectivity index (χ3v) is 5.06. The summed E-state index contributed by atoms with van der Waals surface area (Å²) in [7, 11) is 0. The van der Waals surface area contributed by atoms with Gasteiger partial charge in [0.1, 0.15) is 5.76 Å². The summed E-state index contributed by atoms with van der Waals surface area (Å²) >= 11 is 1.65. The van der Waals surface area contributed by atoms with Crippen LogP contribution in [0.4, 0.5) is 5.69 Å². The number of hydrogen-bond donors (Lipinski definition) is 1. The van der Waals surface area contributed by atoms with Crippen molar-refractivity contribution >= 4 is 22.9 Å². The molecule has 5 heteroatoms. The molecular formula is C20H22N2O2S. The molecule has 0 saturated carbocycles. The summed E-state index contributed by atoms with van der Waals surface area (Å²) < 4.78 is 5.46. The van der Waals surface area contributed by atoms with Crippen LogP contribution in [0.2, 0.25) is 0 Å². The SMILES string of the molecule is Cc1ccc(N(CC(=O)NC(C)c2cccs2)Cc2ccco2)cc1. The van der Waals surface area contributed by atoms with Crippen LogP contribution in [0.3, 0.4) is 0 Å². The van der Waals surface area contributed by atoms with Gasteiger partial charge in [-0.25, -0.2) is 0 Å². The second kappa shape index (κ2) is 8.03. The zero-order valence-electron chi connectivity index (χ0n) is 14.4. The van der Waals surface area contributed by atoms with E-state index in [9.17, 15) is 4.79 Å². The van der Waals surface area contributed by atoms with Gasteiger partial charge in [0.15, 0.2) is 0 Å². The Bertz CT molecular complexity index is 780. The van der Waals surface area contributed by atoms with Crippen molar-refractivity contribution in [3.63, 3.8) is 0 Å². The molecule has 0 fully saturated rings. The van der Waals surface area contributed by atoms with Crippen molar-refractivity contribution in [3.8, 4) is 0 Å². The number of benzene rings is 1. The highest BCUT2D eigenvalue weighted by molar-refractivity contribution is 7.10. The molecule has 3 aromatic rings. The predicted molar refractivity (Wildman–Crippen MR) is 102 cm³/mol. The Hall–Kier alpha value is -2.53. The Kier molecular flexibility index (Phi) is 5.56. The van der Waals surface area contributed by atoms with Crippen LogP contribution < -0.4 is 10.2 Å². The number of hydrogen-bond acceptors (Lipinski definition) is 4. The molecule has 0 radical (unpaired) electrons. The number of nitrogens with one attached hydrogen (secondary N) is 1. The molecule has 3 rings (SSSR count). The number of thiophene rings is 1. The number of amides is 1. The molecule has 1 N–H and O–H groups in total. The van der Waals surface area contributed by atoms with E-state index in [2.05, 4.69) is 24.4 Å². The quantitative estimate of drug-likeness (QED) is 0.678. The smallest absolute Gasteiger partial charge is 0.240 e. The van der Waals surface area contributed by atoms with Gasteiger partial charge in [0.2, 0.25) is 5.91 Å². The van der Waals surface area contributed by atoms with E-state index in [1.165, 1.54) is 5.56 Å². The van der Waals surface area contributed by atoms with Crippen LogP contribution in [-0.2, 0) is 11.3 Å². The molecule has 25 heavy (non-hydrogen) atoms. The number of rotatable bonds is 7. The standard InChI is InChI=1S/C20H22N2O2S/c1-15-7-9-17(10-8-15)22(13-18-5-3-11-24-18)14-20(23)21-16(2)19-6-4-12-25-19/h3-12,16H,13-14H2,1-2H3,(H,21,23). The topological polar surface area (TPSA) is 45.5 Å². The molecule has 2 heterocycles. The Morgan fingerprint density at radius 2 is 2.00 bits per heavy atom. The molecule has 0 saturated heterocycles. The van der Waals surface area contributed by atoms with Crippen molar-refractivity contribution in [2.75, 3.05) is 11.4 Å². The van der Waals surface area contributed by atoms with Gasteiger partial charge in [-0.15, -0.1) is 11.3 Å². The molecule has 2 aromatic heterocycles. The fraction of sp³-hybridized carbons (Fsp3) is 0.250. The number of carbonyl (C=O) groups excluding carboxylic acids is 1. The lowest BCUT2D eigenvalue weighted by Crippen LogP contribution is -2.38. The zero-order chi connectivity index (χ0) is 17.6. The molecule has 0 spiro atoms.